The summed E-state index contributed by atoms with van der Waals surface area (Å²) < 4.78 is 26.1. The summed E-state index contributed by atoms with van der Waals surface area (Å²) in [5.74, 6) is -1.04. The SMILES string of the molecule is N#Cc1ncc(-c2cc(F)ccc2F)[nH]1. The Morgan fingerprint density at radius 2 is 2.13 bits per heavy atom. The molecule has 1 N–H and O–H groups in total. The lowest BCUT2D eigenvalue weighted by Crippen LogP contribution is -1.86. The second-order valence-electron chi connectivity index (χ2n) is 2.88. The molecule has 0 bridgehead atoms. The van der Waals surface area contributed by atoms with Crippen LogP contribution in [0.4, 0.5) is 8.78 Å². The molecule has 2 rings (SSSR count). The van der Waals surface area contributed by atoms with Crippen LogP contribution in [0.2, 0.25) is 0 Å². The summed E-state index contributed by atoms with van der Waals surface area (Å²) in [4.78, 5) is 6.24. The molecule has 0 fully saturated rings. The molecule has 0 radical (unpaired) electrons. The maximum Gasteiger partial charge on any atom is 0.210 e. The number of hydrogen-bond donors (Lipinski definition) is 1. The van der Waals surface area contributed by atoms with E-state index in [0.717, 1.165) is 18.2 Å². The number of H-pyrrole nitrogens is 1. The zero-order valence-corrected chi connectivity index (χ0v) is 7.46. The largest absolute Gasteiger partial charge is 0.329 e. The highest BCUT2D eigenvalue weighted by atomic mass is 19.1. The van der Waals surface area contributed by atoms with Gasteiger partial charge in [0.05, 0.1) is 11.9 Å². The van der Waals surface area contributed by atoms with Crippen molar-refractivity contribution in [2.24, 2.45) is 0 Å². The van der Waals surface area contributed by atoms with Crippen LogP contribution < -0.4 is 0 Å². The summed E-state index contributed by atoms with van der Waals surface area (Å²) in [6.45, 7) is 0. The fourth-order valence-corrected chi connectivity index (χ4v) is 1.22. The topological polar surface area (TPSA) is 52.5 Å². The van der Waals surface area contributed by atoms with Gasteiger partial charge in [0.1, 0.15) is 17.7 Å². The van der Waals surface area contributed by atoms with Crippen molar-refractivity contribution in [3.8, 4) is 17.3 Å². The lowest BCUT2D eigenvalue weighted by Gasteiger charge is -1.99. The third-order valence-electron chi connectivity index (χ3n) is 1.90. The standard InChI is InChI=1S/C10H5F2N3/c11-6-1-2-8(12)7(3-6)9-5-14-10(4-13)15-9/h1-3,5H,(H,14,15). The number of halogens is 2. The van der Waals surface area contributed by atoms with Crippen LogP contribution in [0, 0.1) is 23.0 Å². The van der Waals surface area contributed by atoms with Crippen molar-refractivity contribution in [3.05, 3.63) is 41.9 Å². The van der Waals surface area contributed by atoms with Crippen molar-refractivity contribution < 1.29 is 8.78 Å². The number of aromatic amines is 1. The molecule has 1 heterocycles. The molecule has 5 heteroatoms. The van der Waals surface area contributed by atoms with Crippen molar-refractivity contribution in [3.63, 3.8) is 0 Å². The Balaban J connectivity index is 2.54. The quantitative estimate of drug-likeness (QED) is 0.776. The third-order valence-corrected chi connectivity index (χ3v) is 1.90. The lowest BCUT2D eigenvalue weighted by atomic mass is 10.1. The Morgan fingerprint density at radius 1 is 1.33 bits per heavy atom. The van der Waals surface area contributed by atoms with Gasteiger partial charge in [0.2, 0.25) is 5.82 Å². The number of hydrogen-bond acceptors (Lipinski definition) is 2. The predicted molar refractivity (Wildman–Crippen MR) is 48.7 cm³/mol. The van der Waals surface area contributed by atoms with Crippen LogP contribution in [-0.2, 0) is 0 Å². The molecule has 0 aliphatic heterocycles. The minimum absolute atomic E-state index is 0.0593. The molecule has 1 aromatic heterocycles. The molecule has 2 aromatic rings. The van der Waals surface area contributed by atoms with Crippen molar-refractivity contribution in [1.29, 1.82) is 5.26 Å². The van der Waals surface area contributed by atoms with Crippen LogP contribution >= 0.6 is 0 Å². The molecule has 15 heavy (non-hydrogen) atoms. The number of nitriles is 1. The molecule has 74 valence electrons. The van der Waals surface area contributed by atoms with Crippen molar-refractivity contribution in [2.75, 3.05) is 0 Å². The number of nitrogens with zero attached hydrogens (tertiary/aromatic N) is 2. The van der Waals surface area contributed by atoms with Crippen LogP contribution in [-0.4, -0.2) is 9.97 Å². The van der Waals surface area contributed by atoms with Gasteiger partial charge >= 0.3 is 0 Å². The van der Waals surface area contributed by atoms with Crippen LogP contribution in [0.15, 0.2) is 24.4 Å². The summed E-state index contributed by atoms with van der Waals surface area (Å²) >= 11 is 0. The molecule has 0 aliphatic carbocycles. The molecule has 0 aliphatic rings. The first kappa shape index (κ1) is 9.34. The first-order chi connectivity index (χ1) is 7.20. The predicted octanol–water partition coefficient (Wildman–Crippen LogP) is 2.23. The van der Waals surface area contributed by atoms with Gasteiger partial charge in [0, 0.05) is 5.56 Å². The fourth-order valence-electron chi connectivity index (χ4n) is 1.22. The van der Waals surface area contributed by atoms with Gasteiger partial charge in [-0.25, -0.2) is 13.8 Å². The van der Waals surface area contributed by atoms with E-state index in [4.69, 9.17) is 5.26 Å². The highest BCUT2D eigenvalue weighted by Crippen LogP contribution is 2.21. The van der Waals surface area contributed by atoms with E-state index in [0.29, 0.717) is 0 Å². The molecule has 3 nitrogen and oxygen atoms in total. The van der Waals surface area contributed by atoms with Gasteiger partial charge in [-0.1, -0.05) is 0 Å². The van der Waals surface area contributed by atoms with Gasteiger partial charge in [0.25, 0.3) is 0 Å². The first-order valence-corrected chi connectivity index (χ1v) is 4.11. The Kier molecular flexibility index (Phi) is 2.18. The monoisotopic (exact) mass is 205 g/mol. The number of nitrogens with one attached hydrogen (secondary N) is 1. The molecule has 0 spiro atoms. The van der Waals surface area contributed by atoms with Crippen LogP contribution in [0.25, 0.3) is 11.3 Å². The summed E-state index contributed by atoms with van der Waals surface area (Å²) in [5.41, 5.74) is 0.340. The minimum atomic E-state index is -0.565. The second kappa shape index (κ2) is 3.50. The van der Waals surface area contributed by atoms with E-state index in [1.807, 2.05) is 0 Å². The van der Waals surface area contributed by atoms with Crippen LogP contribution in [0.1, 0.15) is 5.82 Å². The smallest absolute Gasteiger partial charge is 0.210 e. The van der Waals surface area contributed by atoms with E-state index in [-0.39, 0.29) is 17.1 Å². The van der Waals surface area contributed by atoms with Gasteiger partial charge in [-0.2, -0.15) is 5.26 Å². The highest BCUT2D eigenvalue weighted by Gasteiger charge is 2.09. The van der Waals surface area contributed by atoms with E-state index in [1.54, 1.807) is 6.07 Å². The Hall–Kier alpha value is -2.22. The van der Waals surface area contributed by atoms with Crippen LogP contribution in [0.5, 0.6) is 0 Å². The summed E-state index contributed by atoms with van der Waals surface area (Å²) in [6.07, 6.45) is 1.29. The van der Waals surface area contributed by atoms with Gasteiger partial charge < -0.3 is 4.98 Å². The molecule has 0 unspecified atom stereocenters. The fraction of sp³-hybridized carbons (Fsp3) is 0. The van der Waals surface area contributed by atoms with Gasteiger partial charge in [-0.3, -0.25) is 0 Å². The molecule has 0 saturated carbocycles. The average Bonchev–Trinajstić information content (AvgIpc) is 2.70. The van der Waals surface area contributed by atoms with E-state index < -0.39 is 11.6 Å². The average molecular weight is 205 g/mol. The van der Waals surface area contributed by atoms with E-state index in [1.165, 1.54) is 6.20 Å². The van der Waals surface area contributed by atoms with E-state index in [9.17, 15) is 8.78 Å². The maximum atomic E-state index is 13.3. The van der Waals surface area contributed by atoms with E-state index >= 15 is 0 Å². The van der Waals surface area contributed by atoms with Crippen molar-refractivity contribution in [1.82, 2.24) is 9.97 Å². The third kappa shape index (κ3) is 1.70. The molecule has 0 saturated heterocycles. The lowest BCUT2D eigenvalue weighted by molar-refractivity contribution is 0.603. The maximum absolute atomic E-state index is 13.3. The molecule has 0 atom stereocenters. The Morgan fingerprint density at radius 3 is 2.80 bits per heavy atom. The number of aromatic nitrogens is 2. The molecule has 0 amide bonds. The Bertz CT molecular complexity index is 540. The van der Waals surface area contributed by atoms with Crippen molar-refractivity contribution >= 4 is 0 Å². The molecular weight excluding hydrogens is 200 g/mol. The van der Waals surface area contributed by atoms with Crippen molar-refractivity contribution in [2.45, 2.75) is 0 Å². The van der Waals surface area contributed by atoms with Gasteiger partial charge in [-0.15, -0.1) is 0 Å². The second-order valence-corrected chi connectivity index (χ2v) is 2.88. The number of rotatable bonds is 1. The summed E-state index contributed by atoms with van der Waals surface area (Å²) in [6, 6.07) is 4.87. The normalized spacial score (nSPS) is 9.93. The summed E-state index contributed by atoms with van der Waals surface area (Å²) in [5, 5.41) is 8.51. The van der Waals surface area contributed by atoms with E-state index in [2.05, 4.69) is 9.97 Å². The Labute approximate surface area is 84.0 Å². The number of benzene rings is 1. The highest BCUT2D eigenvalue weighted by molar-refractivity contribution is 5.59. The first-order valence-electron chi connectivity index (χ1n) is 4.11. The van der Waals surface area contributed by atoms with Crippen LogP contribution in [0.3, 0.4) is 0 Å². The minimum Gasteiger partial charge on any atom is -0.329 e. The summed E-state index contributed by atoms with van der Waals surface area (Å²) in [7, 11) is 0. The zero-order chi connectivity index (χ0) is 10.8. The molecule has 1 aromatic carbocycles. The number of imidazole rings is 1. The van der Waals surface area contributed by atoms with Gasteiger partial charge in [-0.05, 0) is 18.2 Å². The van der Waals surface area contributed by atoms with Gasteiger partial charge in [0.15, 0.2) is 0 Å². The molecular formula is C10H5F2N3. The zero-order valence-electron chi connectivity index (χ0n) is 7.46.